The summed E-state index contributed by atoms with van der Waals surface area (Å²) in [5.74, 6) is 3.48. The molecule has 7 nitrogen and oxygen atoms in total. The van der Waals surface area contributed by atoms with E-state index in [4.69, 9.17) is 14.5 Å². The van der Waals surface area contributed by atoms with Gasteiger partial charge in [-0.3, -0.25) is 0 Å². The first-order chi connectivity index (χ1) is 14.2. The van der Waals surface area contributed by atoms with E-state index in [1.807, 2.05) is 32.3 Å². The molecule has 3 aromatic heterocycles. The van der Waals surface area contributed by atoms with Gasteiger partial charge in [0.1, 0.15) is 16.5 Å². The molecule has 0 bridgehead atoms. The first kappa shape index (κ1) is 18.2. The van der Waals surface area contributed by atoms with Gasteiger partial charge in [-0.25, -0.2) is 9.97 Å². The van der Waals surface area contributed by atoms with Crippen molar-refractivity contribution in [3.63, 3.8) is 0 Å². The van der Waals surface area contributed by atoms with Crippen LogP contribution >= 0.6 is 11.3 Å². The van der Waals surface area contributed by atoms with E-state index in [9.17, 15) is 0 Å². The van der Waals surface area contributed by atoms with Gasteiger partial charge in [0.2, 0.25) is 5.89 Å². The molecule has 0 amide bonds. The van der Waals surface area contributed by atoms with E-state index in [1.165, 1.54) is 0 Å². The predicted octanol–water partition coefficient (Wildman–Crippen LogP) is 4.29. The highest BCUT2D eigenvalue weighted by atomic mass is 32.1. The topological polar surface area (TPSA) is 80.0 Å². The zero-order valence-corrected chi connectivity index (χ0v) is 17.2. The Morgan fingerprint density at radius 3 is 2.72 bits per heavy atom. The quantitative estimate of drug-likeness (QED) is 0.490. The van der Waals surface area contributed by atoms with Crippen molar-refractivity contribution in [1.29, 1.82) is 0 Å². The fourth-order valence-corrected chi connectivity index (χ4v) is 4.27. The van der Waals surface area contributed by atoms with Gasteiger partial charge < -0.3 is 14.7 Å². The fourth-order valence-electron chi connectivity index (χ4n) is 3.30. The number of rotatable bonds is 7. The van der Waals surface area contributed by atoms with E-state index < -0.39 is 0 Å². The third kappa shape index (κ3) is 3.86. The summed E-state index contributed by atoms with van der Waals surface area (Å²) in [5.41, 5.74) is 2.29. The van der Waals surface area contributed by atoms with Crippen LogP contribution in [-0.4, -0.2) is 39.1 Å². The Labute approximate surface area is 172 Å². The van der Waals surface area contributed by atoms with Crippen LogP contribution in [0.25, 0.3) is 21.3 Å². The molecule has 0 spiro atoms. The highest BCUT2D eigenvalue weighted by Gasteiger charge is 2.28. The summed E-state index contributed by atoms with van der Waals surface area (Å²) in [5, 5.41) is 10.7. The van der Waals surface area contributed by atoms with Crippen molar-refractivity contribution in [2.45, 2.75) is 31.8 Å². The Morgan fingerprint density at radius 1 is 1.14 bits per heavy atom. The van der Waals surface area contributed by atoms with Crippen LogP contribution in [0.15, 0.2) is 40.2 Å². The Morgan fingerprint density at radius 2 is 1.97 bits per heavy atom. The molecule has 1 aliphatic rings. The number of benzene rings is 1. The van der Waals surface area contributed by atoms with Crippen molar-refractivity contribution in [1.82, 2.24) is 25.0 Å². The normalized spacial score (nSPS) is 14.0. The Bertz CT molecular complexity index is 1130. The number of hydrogen-bond acceptors (Lipinski definition) is 8. The number of thiophene rings is 1. The standard InChI is InChI=1S/C21H22N6OS/c1-27(2)11-16-23-20(22-10-17-25-19(26-28-17)14-8-9-14)18-15(12-29-21(18)24-16)13-6-4-3-5-7-13/h3-7,12,14H,8-11H2,1-2H3,(H,22,23,24). The molecule has 1 saturated carbocycles. The molecule has 0 atom stereocenters. The van der Waals surface area contributed by atoms with Crippen LogP contribution in [0, 0.1) is 0 Å². The molecule has 1 aromatic carbocycles. The van der Waals surface area contributed by atoms with Gasteiger partial charge in [0.15, 0.2) is 5.82 Å². The number of nitrogens with one attached hydrogen (secondary N) is 1. The van der Waals surface area contributed by atoms with Crippen LogP contribution in [0.1, 0.15) is 36.3 Å². The summed E-state index contributed by atoms with van der Waals surface area (Å²) in [7, 11) is 4.03. The Balaban J connectivity index is 1.51. The lowest BCUT2D eigenvalue weighted by Crippen LogP contribution is -2.14. The van der Waals surface area contributed by atoms with Gasteiger partial charge in [-0.2, -0.15) is 4.98 Å². The summed E-state index contributed by atoms with van der Waals surface area (Å²) in [4.78, 5) is 17.2. The minimum absolute atomic E-state index is 0.442. The summed E-state index contributed by atoms with van der Waals surface area (Å²) < 4.78 is 5.42. The average Bonchev–Trinajstić information content (AvgIpc) is 3.30. The zero-order valence-electron chi connectivity index (χ0n) is 16.4. The molecule has 1 fully saturated rings. The van der Waals surface area contributed by atoms with Gasteiger partial charge in [0, 0.05) is 16.9 Å². The number of aromatic nitrogens is 4. The van der Waals surface area contributed by atoms with E-state index in [1.54, 1.807) is 11.3 Å². The van der Waals surface area contributed by atoms with E-state index in [0.29, 0.717) is 24.9 Å². The van der Waals surface area contributed by atoms with Crippen molar-refractivity contribution >= 4 is 27.4 Å². The lowest BCUT2D eigenvalue weighted by molar-refractivity contribution is 0.377. The summed E-state index contributed by atoms with van der Waals surface area (Å²) in [6.45, 7) is 1.12. The van der Waals surface area contributed by atoms with Crippen molar-refractivity contribution in [3.05, 3.63) is 53.3 Å². The lowest BCUT2D eigenvalue weighted by Gasteiger charge is -2.12. The maximum absolute atomic E-state index is 5.42. The molecule has 5 rings (SSSR count). The first-order valence-corrected chi connectivity index (χ1v) is 10.6. The van der Waals surface area contributed by atoms with Crippen LogP contribution < -0.4 is 5.32 Å². The number of hydrogen-bond donors (Lipinski definition) is 1. The minimum Gasteiger partial charge on any atom is -0.360 e. The molecule has 0 unspecified atom stereocenters. The second-order valence-corrected chi connectivity index (χ2v) is 8.45. The van der Waals surface area contributed by atoms with Crippen LogP contribution in [0.5, 0.6) is 0 Å². The number of nitrogens with zero attached hydrogens (tertiary/aromatic N) is 5. The SMILES string of the molecule is CN(C)Cc1nc(NCc2nc(C3CC3)no2)c2c(-c3ccccc3)csc2n1. The third-order valence-corrected chi connectivity index (χ3v) is 5.73. The second kappa shape index (κ2) is 7.53. The minimum atomic E-state index is 0.442. The largest absolute Gasteiger partial charge is 0.360 e. The molecule has 4 aromatic rings. The van der Waals surface area contributed by atoms with Crippen LogP contribution in [0.2, 0.25) is 0 Å². The molecular weight excluding hydrogens is 384 g/mol. The molecule has 0 aliphatic heterocycles. The average molecular weight is 407 g/mol. The summed E-state index contributed by atoms with van der Waals surface area (Å²) >= 11 is 1.64. The van der Waals surface area contributed by atoms with Crippen LogP contribution in [-0.2, 0) is 13.1 Å². The first-order valence-electron chi connectivity index (χ1n) is 9.72. The van der Waals surface area contributed by atoms with Crippen molar-refractivity contribution in [2.24, 2.45) is 0 Å². The van der Waals surface area contributed by atoms with Crippen LogP contribution in [0.3, 0.4) is 0 Å². The number of fused-ring (bicyclic) bond motifs is 1. The van der Waals surface area contributed by atoms with Gasteiger partial charge in [-0.15, -0.1) is 11.3 Å². The molecule has 3 heterocycles. The monoisotopic (exact) mass is 406 g/mol. The molecule has 1 aliphatic carbocycles. The van der Waals surface area contributed by atoms with Gasteiger partial charge >= 0.3 is 0 Å². The van der Waals surface area contributed by atoms with Crippen molar-refractivity contribution in [2.75, 3.05) is 19.4 Å². The van der Waals surface area contributed by atoms with E-state index in [-0.39, 0.29) is 0 Å². The maximum Gasteiger partial charge on any atom is 0.245 e. The van der Waals surface area contributed by atoms with Gasteiger partial charge in [-0.1, -0.05) is 35.5 Å². The third-order valence-electron chi connectivity index (χ3n) is 4.86. The zero-order chi connectivity index (χ0) is 19.8. The van der Waals surface area contributed by atoms with Gasteiger partial charge in [-0.05, 0) is 32.5 Å². The van der Waals surface area contributed by atoms with E-state index >= 15 is 0 Å². The van der Waals surface area contributed by atoms with Crippen LogP contribution in [0.4, 0.5) is 5.82 Å². The highest BCUT2D eigenvalue weighted by Crippen LogP contribution is 2.39. The number of anilines is 1. The van der Waals surface area contributed by atoms with E-state index in [2.05, 4.69) is 37.9 Å². The summed E-state index contributed by atoms with van der Waals surface area (Å²) in [6.07, 6.45) is 2.31. The molecule has 0 radical (unpaired) electrons. The fraction of sp³-hybridized carbons (Fsp3) is 0.333. The molecule has 0 saturated heterocycles. The molecule has 1 N–H and O–H groups in total. The summed E-state index contributed by atoms with van der Waals surface area (Å²) in [6, 6.07) is 10.3. The predicted molar refractivity (Wildman–Crippen MR) is 114 cm³/mol. The van der Waals surface area contributed by atoms with Gasteiger partial charge in [0.25, 0.3) is 0 Å². The molecule has 8 heteroatoms. The Hall–Kier alpha value is -2.84. The molecule has 29 heavy (non-hydrogen) atoms. The van der Waals surface area contributed by atoms with E-state index in [0.717, 1.165) is 51.7 Å². The smallest absolute Gasteiger partial charge is 0.245 e. The lowest BCUT2D eigenvalue weighted by atomic mass is 10.1. The maximum atomic E-state index is 5.42. The highest BCUT2D eigenvalue weighted by molar-refractivity contribution is 7.17. The molecular formula is C21H22N6OS. The molecule has 148 valence electrons. The van der Waals surface area contributed by atoms with Crippen molar-refractivity contribution < 1.29 is 4.52 Å². The second-order valence-electron chi connectivity index (χ2n) is 7.60. The van der Waals surface area contributed by atoms with Gasteiger partial charge in [0.05, 0.1) is 18.5 Å². The Kier molecular flexibility index (Phi) is 4.73. The van der Waals surface area contributed by atoms with Crippen molar-refractivity contribution in [3.8, 4) is 11.1 Å².